The van der Waals surface area contributed by atoms with Crippen molar-refractivity contribution in [3.8, 4) is 17.0 Å². The Labute approximate surface area is 186 Å². The molecule has 0 spiro atoms. The molecule has 4 aromatic rings. The molecule has 32 heavy (non-hydrogen) atoms. The summed E-state index contributed by atoms with van der Waals surface area (Å²) in [5.74, 6) is 1.75. The normalized spacial score (nSPS) is 19.8. The zero-order valence-corrected chi connectivity index (χ0v) is 18.6. The molecule has 2 fully saturated rings. The summed E-state index contributed by atoms with van der Waals surface area (Å²) in [5, 5.41) is 14.6. The van der Waals surface area contributed by atoms with Crippen LogP contribution in [0.2, 0.25) is 0 Å². The molecule has 1 saturated carbocycles. The van der Waals surface area contributed by atoms with Gasteiger partial charge in [0.1, 0.15) is 17.1 Å². The highest BCUT2D eigenvalue weighted by Crippen LogP contribution is 2.38. The number of aromatic hydroxyl groups is 1. The van der Waals surface area contributed by atoms with Crippen molar-refractivity contribution in [1.29, 1.82) is 0 Å². The van der Waals surface area contributed by atoms with Gasteiger partial charge in [0.25, 0.3) is 0 Å². The molecule has 1 atom stereocenters. The minimum Gasteiger partial charge on any atom is -0.507 e. The van der Waals surface area contributed by atoms with E-state index in [-0.39, 0.29) is 5.75 Å². The summed E-state index contributed by atoms with van der Waals surface area (Å²) in [4.78, 5) is 16.4. The number of pyridine rings is 2. The number of benzene rings is 1. The SMILES string of the molecule is Cc1nc2c(C)c(O)c(-c3ccc4nc(N5CC[C@@H](NC6(C)CC6)C5)ccc4n3)cc2o1. The molecule has 0 radical (unpaired) electrons. The highest BCUT2D eigenvalue weighted by Gasteiger charge is 2.40. The molecule has 2 aliphatic rings. The lowest BCUT2D eigenvalue weighted by Crippen LogP contribution is -2.40. The predicted octanol–water partition coefficient (Wildman–Crippen LogP) is 4.48. The van der Waals surface area contributed by atoms with Gasteiger partial charge in [-0.05, 0) is 63.4 Å². The van der Waals surface area contributed by atoms with E-state index in [0.717, 1.165) is 36.4 Å². The number of phenols is 1. The average Bonchev–Trinajstić information content (AvgIpc) is 3.16. The van der Waals surface area contributed by atoms with Crippen LogP contribution >= 0.6 is 0 Å². The molecule has 1 saturated heterocycles. The van der Waals surface area contributed by atoms with Crippen LogP contribution in [0.4, 0.5) is 5.82 Å². The van der Waals surface area contributed by atoms with Crippen LogP contribution in [0, 0.1) is 13.8 Å². The van der Waals surface area contributed by atoms with Gasteiger partial charge in [-0.15, -0.1) is 0 Å². The van der Waals surface area contributed by atoms with E-state index in [2.05, 4.69) is 28.2 Å². The number of aromatic nitrogens is 3. The van der Waals surface area contributed by atoms with Gasteiger partial charge in [-0.25, -0.2) is 15.0 Å². The van der Waals surface area contributed by atoms with Gasteiger partial charge in [0.05, 0.1) is 16.7 Å². The Morgan fingerprint density at radius 3 is 2.69 bits per heavy atom. The maximum atomic E-state index is 10.8. The minimum absolute atomic E-state index is 0.183. The van der Waals surface area contributed by atoms with Gasteiger partial charge in [0.2, 0.25) is 0 Å². The third kappa shape index (κ3) is 3.28. The summed E-state index contributed by atoms with van der Waals surface area (Å²) in [6.07, 6.45) is 3.71. The van der Waals surface area contributed by atoms with Gasteiger partial charge in [-0.3, -0.25) is 0 Å². The number of aryl methyl sites for hydroxylation is 2. The van der Waals surface area contributed by atoms with Crippen LogP contribution in [0.15, 0.2) is 34.7 Å². The van der Waals surface area contributed by atoms with E-state index in [4.69, 9.17) is 14.4 Å². The molecule has 3 aromatic heterocycles. The molecule has 1 aliphatic heterocycles. The lowest BCUT2D eigenvalue weighted by atomic mass is 10.0. The van der Waals surface area contributed by atoms with E-state index in [1.807, 2.05) is 31.2 Å². The standard InChI is InChI=1S/C25H27N5O2/c1-14-23-21(32-15(2)26-23)12-17(24(14)31)18-4-5-20-19(27-18)6-7-22(28-20)30-11-8-16(13-30)29-25(3)9-10-25/h4-7,12,16,29,31H,8-11,13H2,1-3H3/t16-/m1/s1. The van der Waals surface area contributed by atoms with Crippen LogP contribution in [0.5, 0.6) is 5.75 Å². The lowest BCUT2D eigenvalue weighted by molar-refractivity contribution is 0.455. The zero-order chi connectivity index (χ0) is 22.0. The van der Waals surface area contributed by atoms with Crippen molar-refractivity contribution in [3.63, 3.8) is 0 Å². The summed E-state index contributed by atoms with van der Waals surface area (Å²) in [6, 6.07) is 10.3. The van der Waals surface area contributed by atoms with Crippen molar-refractivity contribution in [3.05, 3.63) is 41.8 Å². The number of phenolic OH excluding ortho intramolecular Hbond substituents is 1. The Bertz CT molecular complexity index is 1360. The fraction of sp³-hybridized carbons (Fsp3) is 0.400. The van der Waals surface area contributed by atoms with Gasteiger partial charge in [-0.1, -0.05) is 0 Å². The molecule has 4 heterocycles. The number of anilines is 1. The highest BCUT2D eigenvalue weighted by molar-refractivity contribution is 5.89. The number of hydrogen-bond donors (Lipinski definition) is 2. The minimum atomic E-state index is 0.183. The number of nitrogens with zero attached hydrogens (tertiary/aromatic N) is 4. The van der Waals surface area contributed by atoms with Crippen molar-refractivity contribution in [2.24, 2.45) is 0 Å². The molecule has 164 valence electrons. The number of oxazole rings is 1. The summed E-state index contributed by atoms with van der Waals surface area (Å²) in [7, 11) is 0. The lowest BCUT2D eigenvalue weighted by Gasteiger charge is -2.20. The topological polar surface area (TPSA) is 87.3 Å². The highest BCUT2D eigenvalue weighted by atomic mass is 16.3. The van der Waals surface area contributed by atoms with Crippen molar-refractivity contribution in [2.45, 2.75) is 51.6 Å². The van der Waals surface area contributed by atoms with Crippen LogP contribution in [-0.2, 0) is 0 Å². The number of fused-ring (bicyclic) bond motifs is 2. The van der Waals surface area contributed by atoms with Crippen LogP contribution in [-0.4, -0.2) is 44.7 Å². The van der Waals surface area contributed by atoms with Gasteiger partial charge in [0.15, 0.2) is 11.5 Å². The first-order chi connectivity index (χ1) is 15.4. The Morgan fingerprint density at radius 1 is 1.09 bits per heavy atom. The second-order valence-corrected chi connectivity index (χ2v) is 9.52. The third-order valence-electron chi connectivity index (χ3n) is 6.87. The monoisotopic (exact) mass is 429 g/mol. The van der Waals surface area contributed by atoms with Crippen LogP contribution in [0.1, 0.15) is 37.6 Å². The number of hydrogen-bond acceptors (Lipinski definition) is 7. The van der Waals surface area contributed by atoms with Gasteiger partial charge >= 0.3 is 0 Å². The zero-order valence-electron chi connectivity index (χ0n) is 18.6. The van der Waals surface area contributed by atoms with E-state index in [9.17, 15) is 5.11 Å². The fourth-order valence-electron chi connectivity index (χ4n) is 4.75. The first-order valence-electron chi connectivity index (χ1n) is 11.3. The summed E-state index contributed by atoms with van der Waals surface area (Å²) in [6.45, 7) is 7.97. The maximum absolute atomic E-state index is 10.8. The summed E-state index contributed by atoms with van der Waals surface area (Å²) < 4.78 is 5.70. The molecular weight excluding hydrogens is 402 g/mol. The van der Waals surface area contributed by atoms with Crippen molar-refractivity contribution in [2.75, 3.05) is 18.0 Å². The largest absolute Gasteiger partial charge is 0.507 e. The molecular formula is C25H27N5O2. The van der Waals surface area contributed by atoms with E-state index in [1.165, 1.54) is 12.8 Å². The van der Waals surface area contributed by atoms with E-state index >= 15 is 0 Å². The molecule has 7 heteroatoms. The first-order valence-corrected chi connectivity index (χ1v) is 11.3. The Balaban J connectivity index is 1.30. The van der Waals surface area contributed by atoms with E-state index < -0.39 is 0 Å². The van der Waals surface area contributed by atoms with Gasteiger partial charge in [-0.2, -0.15) is 0 Å². The Hall–Kier alpha value is -3.19. The number of rotatable bonds is 4. The molecule has 1 aromatic carbocycles. The fourth-order valence-corrected chi connectivity index (χ4v) is 4.75. The third-order valence-corrected chi connectivity index (χ3v) is 6.87. The van der Waals surface area contributed by atoms with Gasteiger partial charge in [0, 0.05) is 42.7 Å². The van der Waals surface area contributed by atoms with Crippen LogP contribution < -0.4 is 10.2 Å². The predicted molar refractivity (Wildman–Crippen MR) is 125 cm³/mol. The Kier molecular flexibility index (Phi) is 4.21. The first kappa shape index (κ1) is 19.5. The quantitative estimate of drug-likeness (QED) is 0.494. The van der Waals surface area contributed by atoms with E-state index in [1.54, 1.807) is 6.92 Å². The van der Waals surface area contributed by atoms with Crippen LogP contribution in [0.25, 0.3) is 33.4 Å². The number of nitrogens with one attached hydrogen (secondary N) is 1. The molecule has 0 amide bonds. The molecule has 2 N–H and O–H groups in total. The molecule has 1 aliphatic carbocycles. The molecule has 6 rings (SSSR count). The second-order valence-electron chi connectivity index (χ2n) is 9.52. The van der Waals surface area contributed by atoms with Crippen molar-refractivity contribution in [1.82, 2.24) is 20.3 Å². The van der Waals surface area contributed by atoms with Gasteiger partial charge < -0.3 is 19.7 Å². The van der Waals surface area contributed by atoms with Crippen molar-refractivity contribution < 1.29 is 9.52 Å². The second kappa shape index (κ2) is 6.90. The summed E-state index contributed by atoms with van der Waals surface area (Å²) >= 11 is 0. The average molecular weight is 430 g/mol. The summed E-state index contributed by atoms with van der Waals surface area (Å²) in [5.41, 5.74) is 5.37. The van der Waals surface area contributed by atoms with Crippen LogP contribution in [0.3, 0.4) is 0 Å². The molecule has 0 bridgehead atoms. The Morgan fingerprint density at radius 2 is 1.88 bits per heavy atom. The van der Waals surface area contributed by atoms with E-state index in [0.29, 0.717) is 45.4 Å². The molecule has 7 nitrogen and oxygen atoms in total. The smallest absolute Gasteiger partial charge is 0.192 e. The van der Waals surface area contributed by atoms with Crippen molar-refractivity contribution >= 4 is 28.0 Å². The maximum Gasteiger partial charge on any atom is 0.192 e. The molecule has 0 unspecified atom stereocenters.